The normalized spacial score (nSPS) is 11.7. The highest BCUT2D eigenvalue weighted by atomic mass is 19.4. The molecule has 2 aromatic heterocycles. The first-order valence-corrected chi connectivity index (χ1v) is 8.05. The summed E-state index contributed by atoms with van der Waals surface area (Å²) >= 11 is 0. The van der Waals surface area contributed by atoms with E-state index in [2.05, 4.69) is 20.3 Å². The standard InChI is InChI=1S/C19H13F3N4O/c1-11-5-2-3-8-14(11)15-10-16(25-24-15)18-23-17(26-27-18)12-6-4-7-13(9-12)19(20,21)22/h2-10H,1H3,(H,24,25). The molecule has 0 aliphatic heterocycles. The molecule has 2 heterocycles. The van der Waals surface area contributed by atoms with Crippen molar-refractivity contribution < 1.29 is 17.7 Å². The third-order valence-corrected chi connectivity index (χ3v) is 4.10. The van der Waals surface area contributed by atoms with Crippen LogP contribution >= 0.6 is 0 Å². The molecule has 2 aromatic carbocycles. The zero-order valence-electron chi connectivity index (χ0n) is 14.1. The van der Waals surface area contributed by atoms with E-state index in [9.17, 15) is 13.2 Å². The highest BCUT2D eigenvalue weighted by molar-refractivity contribution is 5.68. The van der Waals surface area contributed by atoms with E-state index in [1.807, 2.05) is 31.2 Å². The van der Waals surface area contributed by atoms with Crippen LogP contribution in [0.4, 0.5) is 13.2 Å². The minimum atomic E-state index is -4.44. The van der Waals surface area contributed by atoms with Crippen LogP contribution in [0.3, 0.4) is 0 Å². The Bertz CT molecular complexity index is 1100. The van der Waals surface area contributed by atoms with Crippen LogP contribution in [-0.4, -0.2) is 20.3 Å². The Morgan fingerprint density at radius 3 is 2.59 bits per heavy atom. The van der Waals surface area contributed by atoms with Gasteiger partial charge in [0.2, 0.25) is 5.82 Å². The van der Waals surface area contributed by atoms with Gasteiger partial charge in [0, 0.05) is 11.1 Å². The SMILES string of the molecule is Cc1ccccc1-c1cc(-c2nc(-c3cccc(C(F)(F)F)c3)no2)[nH]n1. The minimum Gasteiger partial charge on any atom is -0.332 e. The van der Waals surface area contributed by atoms with Gasteiger partial charge in [-0.05, 0) is 30.7 Å². The molecule has 27 heavy (non-hydrogen) atoms. The molecule has 8 heteroatoms. The Balaban J connectivity index is 1.65. The molecule has 5 nitrogen and oxygen atoms in total. The number of hydrogen-bond donors (Lipinski definition) is 1. The summed E-state index contributed by atoms with van der Waals surface area (Å²) in [6, 6.07) is 14.3. The van der Waals surface area contributed by atoms with Crippen molar-refractivity contribution in [3.8, 4) is 34.2 Å². The lowest BCUT2D eigenvalue weighted by atomic mass is 10.1. The Morgan fingerprint density at radius 1 is 1.00 bits per heavy atom. The highest BCUT2D eigenvalue weighted by Crippen LogP contribution is 2.32. The largest absolute Gasteiger partial charge is 0.416 e. The third kappa shape index (κ3) is 3.33. The van der Waals surface area contributed by atoms with Crippen molar-refractivity contribution in [2.24, 2.45) is 0 Å². The first kappa shape index (κ1) is 17.0. The van der Waals surface area contributed by atoms with Gasteiger partial charge in [0.05, 0.1) is 11.3 Å². The second-order valence-corrected chi connectivity index (χ2v) is 5.98. The van der Waals surface area contributed by atoms with E-state index in [1.54, 1.807) is 6.07 Å². The lowest BCUT2D eigenvalue weighted by Crippen LogP contribution is -2.04. The molecular weight excluding hydrogens is 357 g/mol. The first-order chi connectivity index (χ1) is 12.9. The Hall–Kier alpha value is -3.42. The zero-order valence-corrected chi connectivity index (χ0v) is 14.1. The number of benzene rings is 2. The van der Waals surface area contributed by atoms with Gasteiger partial charge in [-0.1, -0.05) is 41.6 Å². The van der Waals surface area contributed by atoms with Crippen LogP contribution < -0.4 is 0 Å². The number of aryl methyl sites for hydroxylation is 1. The second kappa shape index (κ2) is 6.39. The van der Waals surface area contributed by atoms with Crippen LogP contribution in [0.1, 0.15) is 11.1 Å². The number of nitrogens with zero attached hydrogens (tertiary/aromatic N) is 3. The van der Waals surface area contributed by atoms with E-state index in [1.165, 1.54) is 12.1 Å². The molecule has 0 saturated carbocycles. The topological polar surface area (TPSA) is 67.6 Å². The Morgan fingerprint density at radius 2 is 1.81 bits per heavy atom. The minimum absolute atomic E-state index is 0.0724. The molecule has 1 N–H and O–H groups in total. The number of aromatic nitrogens is 4. The van der Waals surface area contributed by atoms with Crippen molar-refractivity contribution in [1.29, 1.82) is 0 Å². The molecule has 0 saturated heterocycles. The van der Waals surface area contributed by atoms with Crippen LogP contribution in [0.15, 0.2) is 59.1 Å². The Kier molecular flexibility index (Phi) is 4.02. The fourth-order valence-corrected chi connectivity index (χ4v) is 2.71. The number of halogens is 3. The number of rotatable bonds is 3. The molecule has 0 amide bonds. The van der Waals surface area contributed by atoms with Gasteiger partial charge in [-0.2, -0.15) is 23.3 Å². The predicted octanol–water partition coefficient (Wildman–Crippen LogP) is 5.12. The van der Waals surface area contributed by atoms with E-state index >= 15 is 0 Å². The molecule has 0 atom stereocenters. The average Bonchev–Trinajstić information content (AvgIpc) is 3.31. The number of H-pyrrole nitrogens is 1. The monoisotopic (exact) mass is 370 g/mol. The summed E-state index contributed by atoms with van der Waals surface area (Å²) in [7, 11) is 0. The second-order valence-electron chi connectivity index (χ2n) is 5.98. The predicted molar refractivity (Wildman–Crippen MR) is 92.5 cm³/mol. The summed E-state index contributed by atoms with van der Waals surface area (Å²) in [5.74, 6) is 0.220. The van der Waals surface area contributed by atoms with Gasteiger partial charge in [0.25, 0.3) is 5.89 Å². The summed E-state index contributed by atoms with van der Waals surface area (Å²) in [5.41, 5.74) is 2.66. The van der Waals surface area contributed by atoms with E-state index in [0.29, 0.717) is 11.4 Å². The van der Waals surface area contributed by atoms with E-state index in [-0.39, 0.29) is 17.3 Å². The van der Waals surface area contributed by atoms with Crippen molar-refractivity contribution in [1.82, 2.24) is 20.3 Å². The van der Waals surface area contributed by atoms with Crippen LogP contribution in [0.5, 0.6) is 0 Å². The van der Waals surface area contributed by atoms with Gasteiger partial charge in [-0.15, -0.1) is 0 Å². The molecule has 0 aliphatic rings. The van der Waals surface area contributed by atoms with Gasteiger partial charge in [-0.3, -0.25) is 5.10 Å². The molecule has 136 valence electrons. The summed E-state index contributed by atoms with van der Waals surface area (Å²) < 4.78 is 43.8. The maximum atomic E-state index is 12.9. The number of nitrogens with one attached hydrogen (secondary N) is 1. The van der Waals surface area contributed by atoms with Crippen LogP contribution in [0.2, 0.25) is 0 Å². The van der Waals surface area contributed by atoms with Gasteiger partial charge in [0.15, 0.2) is 0 Å². The zero-order chi connectivity index (χ0) is 19.0. The molecule has 0 aliphatic carbocycles. The number of hydrogen-bond acceptors (Lipinski definition) is 4. The molecule has 4 rings (SSSR count). The fraction of sp³-hybridized carbons (Fsp3) is 0.105. The van der Waals surface area contributed by atoms with E-state index in [0.717, 1.165) is 23.3 Å². The molecule has 4 aromatic rings. The van der Waals surface area contributed by atoms with Crippen LogP contribution in [-0.2, 0) is 6.18 Å². The van der Waals surface area contributed by atoms with E-state index in [4.69, 9.17) is 4.52 Å². The van der Waals surface area contributed by atoms with Crippen molar-refractivity contribution in [2.75, 3.05) is 0 Å². The smallest absolute Gasteiger partial charge is 0.332 e. The molecule has 0 radical (unpaired) electrons. The fourth-order valence-electron chi connectivity index (χ4n) is 2.71. The van der Waals surface area contributed by atoms with Crippen molar-refractivity contribution in [2.45, 2.75) is 13.1 Å². The number of alkyl halides is 3. The highest BCUT2D eigenvalue weighted by Gasteiger charge is 2.30. The van der Waals surface area contributed by atoms with Gasteiger partial charge in [-0.25, -0.2) is 0 Å². The Labute approximate surface area is 151 Å². The molecule has 0 unspecified atom stereocenters. The lowest BCUT2D eigenvalue weighted by Gasteiger charge is -2.06. The van der Waals surface area contributed by atoms with Crippen LogP contribution in [0, 0.1) is 6.92 Å². The third-order valence-electron chi connectivity index (χ3n) is 4.10. The number of aromatic amines is 1. The van der Waals surface area contributed by atoms with E-state index < -0.39 is 11.7 Å². The van der Waals surface area contributed by atoms with Crippen molar-refractivity contribution in [3.63, 3.8) is 0 Å². The molecular formula is C19H13F3N4O. The molecule has 0 spiro atoms. The molecule has 0 bridgehead atoms. The van der Waals surface area contributed by atoms with Gasteiger partial charge >= 0.3 is 6.18 Å². The summed E-state index contributed by atoms with van der Waals surface area (Å²) in [5, 5.41) is 10.9. The summed E-state index contributed by atoms with van der Waals surface area (Å²) in [6.45, 7) is 1.97. The van der Waals surface area contributed by atoms with Crippen molar-refractivity contribution >= 4 is 0 Å². The van der Waals surface area contributed by atoms with Crippen LogP contribution in [0.25, 0.3) is 34.2 Å². The summed E-state index contributed by atoms with van der Waals surface area (Å²) in [6.07, 6.45) is -4.44. The summed E-state index contributed by atoms with van der Waals surface area (Å²) in [4.78, 5) is 4.19. The lowest BCUT2D eigenvalue weighted by molar-refractivity contribution is -0.137. The van der Waals surface area contributed by atoms with Gasteiger partial charge < -0.3 is 4.52 Å². The van der Waals surface area contributed by atoms with Gasteiger partial charge in [0.1, 0.15) is 5.69 Å². The molecule has 0 fully saturated rings. The quantitative estimate of drug-likeness (QED) is 0.543. The maximum absolute atomic E-state index is 12.9. The average molecular weight is 370 g/mol. The maximum Gasteiger partial charge on any atom is 0.416 e. The van der Waals surface area contributed by atoms with Crippen molar-refractivity contribution in [3.05, 3.63) is 65.7 Å². The first-order valence-electron chi connectivity index (χ1n) is 8.05.